The number of ether oxygens (including phenoxy) is 1. The summed E-state index contributed by atoms with van der Waals surface area (Å²) in [5.74, 6) is 1.50. The molecule has 2 saturated heterocycles. The zero-order valence-electron chi connectivity index (χ0n) is 20.0. The largest absolute Gasteiger partial charge is 0.393 e. The summed E-state index contributed by atoms with van der Waals surface area (Å²) in [6.07, 6.45) is 6.09. The fourth-order valence-corrected chi connectivity index (χ4v) is 9.57. The Morgan fingerprint density at radius 1 is 1.09 bits per heavy atom. The summed E-state index contributed by atoms with van der Waals surface area (Å²) < 4.78 is 6.89. The van der Waals surface area contributed by atoms with E-state index in [0.717, 1.165) is 44.2 Å². The average Bonchev–Trinajstić information content (AvgIpc) is 3.20. The van der Waals surface area contributed by atoms with Gasteiger partial charge in [-0.3, -0.25) is 4.79 Å². The number of aliphatic hydroxyl groups is 2. The second kappa shape index (κ2) is 6.90. The number of ketones is 1. The highest BCUT2D eigenvalue weighted by molar-refractivity contribution is 5.83. The molecule has 6 aliphatic rings. The molecule has 0 bridgehead atoms. The number of hydrogen-bond acceptors (Lipinski definition) is 5. The van der Waals surface area contributed by atoms with Crippen LogP contribution in [-0.4, -0.2) is 52.0 Å². The Morgan fingerprint density at radius 2 is 1.88 bits per heavy atom. The van der Waals surface area contributed by atoms with Gasteiger partial charge < -0.3 is 20.3 Å². The monoisotopic (exact) mass is 443 g/mol. The number of aliphatic hydroxyl groups excluding tert-OH is 1. The maximum absolute atomic E-state index is 13.2. The third-order valence-electron chi connectivity index (χ3n) is 11.4. The van der Waals surface area contributed by atoms with Crippen LogP contribution in [0.2, 0.25) is 0 Å². The molecule has 0 aromatic carbocycles. The predicted octanol–water partition coefficient (Wildman–Crippen LogP) is 3.23. The van der Waals surface area contributed by atoms with Crippen LogP contribution in [0.4, 0.5) is 0 Å². The average molecular weight is 444 g/mol. The van der Waals surface area contributed by atoms with Gasteiger partial charge in [0.2, 0.25) is 0 Å². The lowest BCUT2D eigenvalue weighted by Gasteiger charge is -2.54. The number of carbonyl (C=O) groups excluding carboxylic acids is 1. The lowest BCUT2D eigenvalue weighted by Crippen LogP contribution is -2.57. The summed E-state index contributed by atoms with van der Waals surface area (Å²) in [4.78, 5) is 13.2. The molecule has 6 fully saturated rings. The van der Waals surface area contributed by atoms with E-state index in [1.165, 1.54) is 0 Å². The van der Waals surface area contributed by atoms with E-state index in [4.69, 9.17) is 4.74 Å². The van der Waals surface area contributed by atoms with E-state index in [0.29, 0.717) is 43.1 Å². The molecule has 2 heterocycles. The quantitative estimate of drug-likeness (QED) is 0.501. The fourth-order valence-electron chi connectivity index (χ4n) is 9.57. The van der Waals surface area contributed by atoms with Crippen LogP contribution < -0.4 is 5.32 Å². The van der Waals surface area contributed by atoms with Crippen molar-refractivity contribution in [1.82, 2.24) is 5.32 Å². The molecular formula is C27H41NO4. The minimum absolute atomic E-state index is 0.00139. The van der Waals surface area contributed by atoms with Crippen molar-refractivity contribution >= 4 is 5.78 Å². The first-order valence-electron chi connectivity index (χ1n) is 13.1. The van der Waals surface area contributed by atoms with E-state index in [2.05, 4.69) is 32.7 Å². The van der Waals surface area contributed by atoms with E-state index in [1.807, 2.05) is 0 Å². The second-order valence-electron chi connectivity index (χ2n) is 12.8. The minimum atomic E-state index is -0.843. The van der Waals surface area contributed by atoms with Crippen LogP contribution in [0, 0.1) is 40.9 Å². The van der Waals surface area contributed by atoms with E-state index >= 15 is 0 Å². The van der Waals surface area contributed by atoms with Crippen LogP contribution in [0.15, 0.2) is 12.2 Å². The molecule has 4 aliphatic carbocycles. The van der Waals surface area contributed by atoms with E-state index in [9.17, 15) is 15.0 Å². The van der Waals surface area contributed by atoms with Gasteiger partial charge in [-0.25, -0.2) is 0 Å². The Morgan fingerprint density at radius 3 is 2.66 bits per heavy atom. The number of hydrogen-bond donors (Lipinski definition) is 3. The predicted molar refractivity (Wildman–Crippen MR) is 122 cm³/mol. The van der Waals surface area contributed by atoms with Crippen molar-refractivity contribution in [2.24, 2.45) is 40.9 Å². The highest BCUT2D eigenvalue weighted by Gasteiger charge is 2.69. The Hall–Kier alpha value is -0.750. The van der Waals surface area contributed by atoms with E-state index < -0.39 is 5.60 Å². The number of carbonyl (C=O) groups is 1. The number of Topliss-reactive ketones (excluding diaryl/α,β-unsaturated/α-hetero) is 1. The Labute approximate surface area is 192 Å². The summed E-state index contributed by atoms with van der Waals surface area (Å²) >= 11 is 0. The number of nitrogens with one attached hydrogen (secondary N) is 1. The molecule has 4 saturated carbocycles. The van der Waals surface area contributed by atoms with Gasteiger partial charge in [-0.05, 0) is 80.2 Å². The molecule has 2 aliphatic heterocycles. The van der Waals surface area contributed by atoms with Crippen molar-refractivity contribution < 1.29 is 19.7 Å². The van der Waals surface area contributed by atoms with Crippen LogP contribution in [0.1, 0.15) is 72.1 Å². The van der Waals surface area contributed by atoms with Crippen LogP contribution in [0.3, 0.4) is 0 Å². The molecule has 0 radical (unpaired) electrons. The third-order valence-corrected chi connectivity index (χ3v) is 11.4. The van der Waals surface area contributed by atoms with Crippen LogP contribution in [0.5, 0.6) is 0 Å². The maximum atomic E-state index is 13.2. The van der Waals surface area contributed by atoms with Gasteiger partial charge in [0.15, 0.2) is 0 Å². The summed E-state index contributed by atoms with van der Waals surface area (Å²) in [5.41, 5.74) is -0.221. The molecular weight excluding hydrogens is 402 g/mol. The number of fused-ring (bicyclic) bond motifs is 6. The van der Waals surface area contributed by atoms with Crippen LogP contribution >= 0.6 is 0 Å². The van der Waals surface area contributed by atoms with Gasteiger partial charge in [-0.15, -0.1) is 0 Å². The molecule has 5 nitrogen and oxygen atoms in total. The van der Waals surface area contributed by atoms with Gasteiger partial charge in [-0.2, -0.15) is 0 Å². The Bertz CT molecular complexity index is 844. The van der Waals surface area contributed by atoms with Gasteiger partial charge in [0, 0.05) is 30.2 Å². The molecule has 1 spiro atoms. The zero-order valence-corrected chi connectivity index (χ0v) is 20.0. The first-order valence-corrected chi connectivity index (χ1v) is 13.1. The van der Waals surface area contributed by atoms with E-state index in [-0.39, 0.29) is 46.8 Å². The van der Waals surface area contributed by atoms with Crippen molar-refractivity contribution in [2.45, 2.75) is 102 Å². The van der Waals surface area contributed by atoms with Gasteiger partial charge in [0.05, 0.1) is 23.4 Å². The Balaban J connectivity index is 1.33. The van der Waals surface area contributed by atoms with Crippen molar-refractivity contribution in [3.8, 4) is 0 Å². The molecule has 178 valence electrons. The zero-order chi connectivity index (χ0) is 22.6. The van der Waals surface area contributed by atoms with Gasteiger partial charge in [0.25, 0.3) is 0 Å². The summed E-state index contributed by atoms with van der Waals surface area (Å²) in [6, 6.07) is 0.362. The van der Waals surface area contributed by atoms with Crippen LogP contribution in [-0.2, 0) is 9.53 Å². The molecule has 12 atom stereocenters. The van der Waals surface area contributed by atoms with Crippen molar-refractivity contribution in [2.75, 3.05) is 6.54 Å². The molecule has 5 heteroatoms. The standard InChI is InChI=1S/C27H41NO4/c1-14-9-23-24(28-13-14)16(3)27(32-23)8-7-26(31)18(15(27)2)11-19-20(26)12-22(30)21-10-17(29)5-6-25(19,21)4/h14,16-21,23-24,28-29,31H,2,5-13H2,1,3-4H3/t14-,16+,17-,18+,19-,20+,21+,23+,24+,25+,26-,27-/m0/s1. The van der Waals surface area contributed by atoms with Gasteiger partial charge in [0.1, 0.15) is 5.78 Å². The summed E-state index contributed by atoms with van der Waals surface area (Å²) in [5, 5.41) is 26.2. The highest BCUT2D eigenvalue weighted by Crippen LogP contribution is 2.68. The van der Waals surface area contributed by atoms with Gasteiger partial charge >= 0.3 is 0 Å². The van der Waals surface area contributed by atoms with Crippen LogP contribution in [0.25, 0.3) is 0 Å². The summed E-state index contributed by atoms with van der Waals surface area (Å²) in [6.45, 7) is 12.6. The second-order valence-corrected chi connectivity index (χ2v) is 12.8. The molecule has 0 unspecified atom stereocenters. The first-order chi connectivity index (χ1) is 15.1. The lowest BCUT2D eigenvalue weighted by molar-refractivity contribution is -0.159. The molecule has 0 amide bonds. The lowest BCUT2D eigenvalue weighted by atomic mass is 9.51. The van der Waals surface area contributed by atoms with Gasteiger partial charge in [-0.1, -0.05) is 27.4 Å². The molecule has 0 aromatic heterocycles. The smallest absolute Gasteiger partial charge is 0.137 e. The molecule has 0 aromatic rings. The molecule has 6 rings (SSSR count). The fraction of sp³-hybridized carbons (Fsp3) is 0.889. The highest BCUT2D eigenvalue weighted by atomic mass is 16.5. The molecule has 3 N–H and O–H groups in total. The minimum Gasteiger partial charge on any atom is -0.393 e. The third kappa shape index (κ3) is 2.63. The van der Waals surface area contributed by atoms with Crippen molar-refractivity contribution in [1.29, 1.82) is 0 Å². The van der Waals surface area contributed by atoms with E-state index in [1.54, 1.807) is 0 Å². The Kier molecular flexibility index (Phi) is 4.69. The summed E-state index contributed by atoms with van der Waals surface area (Å²) in [7, 11) is 0. The SMILES string of the molecule is C=C1[C@H]2C[C@H]3[C@@H](CC(=O)[C@H]4C[C@@H](O)CC[C@@]43C)[C@]2(O)CC[C@]12O[C@@H]1C[C@H](C)CN[C@@H]1[C@H]2C. The van der Waals surface area contributed by atoms with Crippen molar-refractivity contribution in [3.05, 3.63) is 12.2 Å². The maximum Gasteiger partial charge on any atom is 0.137 e. The molecule has 32 heavy (non-hydrogen) atoms. The number of piperidine rings is 1. The van der Waals surface area contributed by atoms with Crippen molar-refractivity contribution in [3.63, 3.8) is 0 Å². The first kappa shape index (κ1) is 21.8. The normalized spacial score (nSPS) is 59.5. The number of rotatable bonds is 0. The topological polar surface area (TPSA) is 78.8 Å².